The van der Waals surface area contributed by atoms with Crippen molar-refractivity contribution in [2.75, 3.05) is 21.1 Å². The average Bonchev–Trinajstić information content (AvgIpc) is 1.87. The van der Waals surface area contributed by atoms with E-state index in [0.717, 1.165) is 11.7 Å². The van der Waals surface area contributed by atoms with Gasteiger partial charge in [-0.2, -0.15) is 0 Å². The summed E-state index contributed by atoms with van der Waals surface area (Å²) in [5, 5.41) is 0. The number of hydrogen-bond donors (Lipinski definition) is 0. The summed E-state index contributed by atoms with van der Waals surface area (Å²) in [7, 11) is 5.66. The van der Waals surface area contributed by atoms with Crippen LogP contribution in [0.25, 0.3) is 0 Å². The van der Waals surface area contributed by atoms with E-state index in [9.17, 15) is 0 Å². The van der Waals surface area contributed by atoms with Crippen LogP contribution in [-0.2, 0) is 0 Å². The molecule has 0 aromatic rings. The van der Waals surface area contributed by atoms with Crippen LogP contribution < -0.4 is 0 Å². The molecule has 0 aromatic heterocycles. The third kappa shape index (κ3) is 3.22. The highest BCUT2D eigenvalue weighted by Gasteiger charge is 1.91. The van der Waals surface area contributed by atoms with Crippen molar-refractivity contribution in [3.63, 3.8) is 0 Å². The highest BCUT2D eigenvalue weighted by molar-refractivity contribution is 5.94. The van der Waals surface area contributed by atoms with Gasteiger partial charge in [0.05, 0.1) is 0 Å². The fourth-order valence-electron chi connectivity index (χ4n) is 0.384. The molecule has 0 spiro atoms. The van der Waals surface area contributed by atoms with Gasteiger partial charge >= 0.3 is 0 Å². The normalized spacial score (nSPS) is 13.7. The molecule has 0 saturated heterocycles. The van der Waals surface area contributed by atoms with Gasteiger partial charge in [0, 0.05) is 21.1 Å². The van der Waals surface area contributed by atoms with E-state index in [1.165, 1.54) is 0 Å². The third-order valence-electron chi connectivity index (χ3n) is 1.29. The second-order valence-corrected chi connectivity index (χ2v) is 2.32. The third-order valence-corrected chi connectivity index (χ3v) is 1.29. The molecule has 3 heteroatoms. The standard InChI is InChI=1S/C7H15N3/c1-6(8-3)9-7(2)10(4)5/h1-5H3/b8-6-,9-7+. The van der Waals surface area contributed by atoms with Crippen molar-refractivity contribution in [2.24, 2.45) is 9.98 Å². The van der Waals surface area contributed by atoms with Crippen molar-refractivity contribution >= 4 is 11.7 Å². The summed E-state index contributed by atoms with van der Waals surface area (Å²) < 4.78 is 0. The molecule has 0 aliphatic carbocycles. The van der Waals surface area contributed by atoms with Gasteiger partial charge in [-0.3, -0.25) is 4.99 Å². The summed E-state index contributed by atoms with van der Waals surface area (Å²) in [4.78, 5) is 10.1. The van der Waals surface area contributed by atoms with Gasteiger partial charge < -0.3 is 4.90 Å². The Morgan fingerprint density at radius 1 is 1.20 bits per heavy atom. The number of aliphatic imine (C=N–C) groups is 2. The fourth-order valence-corrected chi connectivity index (χ4v) is 0.384. The van der Waals surface area contributed by atoms with Crippen LogP contribution in [-0.4, -0.2) is 37.7 Å². The molecule has 3 nitrogen and oxygen atoms in total. The highest BCUT2D eigenvalue weighted by Crippen LogP contribution is 1.84. The summed E-state index contributed by atoms with van der Waals surface area (Å²) in [6.07, 6.45) is 0. The molecule has 58 valence electrons. The number of amidine groups is 2. The molecule has 0 fully saturated rings. The molecule has 0 unspecified atom stereocenters. The molecular weight excluding hydrogens is 126 g/mol. The van der Waals surface area contributed by atoms with Crippen molar-refractivity contribution in [2.45, 2.75) is 13.8 Å². The van der Waals surface area contributed by atoms with E-state index in [2.05, 4.69) is 9.98 Å². The van der Waals surface area contributed by atoms with Crippen molar-refractivity contribution in [3.8, 4) is 0 Å². The van der Waals surface area contributed by atoms with Crippen molar-refractivity contribution in [1.29, 1.82) is 0 Å². The van der Waals surface area contributed by atoms with E-state index >= 15 is 0 Å². The number of rotatable bonds is 0. The van der Waals surface area contributed by atoms with Gasteiger partial charge in [-0.1, -0.05) is 0 Å². The van der Waals surface area contributed by atoms with Gasteiger partial charge in [0.25, 0.3) is 0 Å². The van der Waals surface area contributed by atoms with Crippen LogP contribution in [0.2, 0.25) is 0 Å². The van der Waals surface area contributed by atoms with Crippen LogP contribution in [0.1, 0.15) is 13.8 Å². The van der Waals surface area contributed by atoms with Gasteiger partial charge in [-0.15, -0.1) is 0 Å². The summed E-state index contributed by atoms with van der Waals surface area (Å²) in [6, 6.07) is 0. The largest absolute Gasteiger partial charge is 0.366 e. The Morgan fingerprint density at radius 2 is 1.70 bits per heavy atom. The van der Waals surface area contributed by atoms with Gasteiger partial charge in [0.15, 0.2) is 0 Å². The maximum atomic E-state index is 4.19. The lowest BCUT2D eigenvalue weighted by Crippen LogP contribution is -2.19. The van der Waals surface area contributed by atoms with Gasteiger partial charge in [0.2, 0.25) is 0 Å². The molecule has 0 rings (SSSR count). The van der Waals surface area contributed by atoms with Crippen LogP contribution in [0.4, 0.5) is 0 Å². The van der Waals surface area contributed by atoms with E-state index in [1.54, 1.807) is 7.05 Å². The lowest BCUT2D eigenvalue weighted by molar-refractivity contribution is 0.619. The highest BCUT2D eigenvalue weighted by atomic mass is 15.1. The molecule has 0 radical (unpaired) electrons. The maximum absolute atomic E-state index is 4.19. The number of hydrogen-bond acceptors (Lipinski definition) is 1. The molecule has 0 heterocycles. The molecule has 0 N–H and O–H groups in total. The lowest BCUT2D eigenvalue weighted by atomic mass is 10.6. The van der Waals surface area contributed by atoms with Crippen LogP contribution in [0.3, 0.4) is 0 Å². The Kier molecular flexibility index (Phi) is 3.69. The SMILES string of the molecule is C/N=C(C)\N=C(/C)N(C)C. The van der Waals surface area contributed by atoms with Gasteiger partial charge in [-0.05, 0) is 13.8 Å². The van der Waals surface area contributed by atoms with Crippen LogP contribution in [0.15, 0.2) is 9.98 Å². The molecule has 0 atom stereocenters. The first-order valence-electron chi connectivity index (χ1n) is 3.24. The minimum absolute atomic E-state index is 0.811. The summed E-state index contributed by atoms with van der Waals surface area (Å²) in [6.45, 7) is 3.84. The lowest BCUT2D eigenvalue weighted by Gasteiger charge is -2.10. The molecule has 0 amide bonds. The van der Waals surface area contributed by atoms with E-state index in [1.807, 2.05) is 32.8 Å². The smallest absolute Gasteiger partial charge is 0.121 e. The average molecular weight is 141 g/mol. The topological polar surface area (TPSA) is 28.0 Å². The molecular formula is C7H15N3. The monoisotopic (exact) mass is 141 g/mol. The Labute approximate surface area is 62.5 Å². The van der Waals surface area contributed by atoms with Crippen LogP contribution >= 0.6 is 0 Å². The molecule has 0 aromatic carbocycles. The summed E-state index contributed by atoms with van der Waals surface area (Å²) >= 11 is 0. The minimum Gasteiger partial charge on any atom is -0.366 e. The Morgan fingerprint density at radius 3 is 2.00 bits per heavy atom. The second kappa shape index (κ2) is 4.04. The summed E-state index contributed by atoms with van der Waals surface area (Å²) in [5.74, 6) is 1.79. The minimum atomic E-state index is 0.811. The zero-order valence-corrected chi connectivity index (χ0v) is 7.34. The first-order chi connectivity index (χ1) is 4.57. The second-order valence-electron chi connectivity index (χ2n) is 2.32. The van der Waals surface area contributed by atoms with Crippen molar-refractivity contribution in [3.05, 3.63) is 0 Å². The van der Waals surface area contributed by atoms with Gasteiger partial charge in [-0.25, -0.2) is 4.99 Å². The van der Waals surface area contributed by atoms with E-state index in [0.29, 0.717) is 0 Å². The quantitative estimate of drug-likeness (QED) is 0.365. The van der Waals surface area contributed by atoms with E-state index in [-0.39, 0.29) is 0 Å². The first kappa shape index (κ1) is 9.14. The van der Waals surface area contributed by atoms with Crippen LogP contribution in [0, 0.1) is 0 Å². The van der Waals surface area contributed by atoms with Gasteiger partial charge in [0.1, 0.15) is 11.7 Å². The Hall–Kier alpha value is -0.860. The predicted molar refractivity (Wildman–Crippen MR) is 45.8 cm³/mol. The van der Waals surface area contributed by atoms with Crippen molar-refractivity contribution < 1.29 is 0 Å². The Bertz CT molecular complexity index is 156. The van der Waals surface area contributed by atoms with Crippen molar-refractivity contribution in [1.82, 2.24) is 4.90 Å². The predicted octanol–water partition coefficient (Wildman–Crippen LogP) is 1.01. The molecule has 0 aliphatic heterocycles. The van der Waals surface area contributed by atoms with Crippen LogP contribution in [0.5, 0.6) is 0 Å². The maximum Gasteiger partial charge on any atom is 0.121 e. The Balaban J connectivity index is 4.17. The molecule has 10 heavy (non-hydrogen) atoms. The molecule has 0 saturated carbocycles. The summed E-state index contributed by atoms with van der Waals surface area (Å²) in [5.41, 5.74) is 0. The molecule has 0 aliphatic rings. The fraction of sp³-hybridized carbons (Fsp3) is 0.714. The zero-order valence-electron chi connectivity index (χ0n) is 7.34. The van der Waals surface area contributed by atoms with E-state index in [4.69, 9.17) is 0 Å². The molecule has 0 bridgehead atoms. The van der Waals surface area contributed by atoms with E-state index < -0.39 is 0 Å². The first-order valence-corrected chi connectivity index (χ1v) is 3.24. The zero-order chi connectivity index (χ0) is 8.15. The number of nitrogens with zero attached hydrogens (tertiary/aromatic N) is 3.